The van der Waals surface area contributed by atoms with Crippen LogP contribution in [0, 0.1) is 15.9 Å². The molecule has 9 nitrogen and oxygen atoms in total. The summed E-state index contributed by atoms with van der Waals surface area (Å²) >= 11 is 0. The van der Waals surface area contributed by atoms with Crippen LogP contribution in [0.1, 0.15) is 51.2 Å². The Labute approximate surface area is 175 Å². The average Bonchev–Trinajstić information content (AvgIpc) is 3.03. The van der Waals surface area contributed by atoms with E-state index in [0.717, 1.165) is 29.0 Å². The van der Waals surface area contributed by atoms with Crippen LogP contribution in [0.15, 0.2) is 29.4 Å². The van der Waals surface area contributed by atoms with Gasteiger partial charge in [-0.1, -0.05) is 0 Å². The summed E-state index contributed by atoms with van der Waals surface area (Å²) in [4.78, 5) is 30.8. The van der Waals surface area contributed by atoms with E-state index < -0.39 is 40.2 Å². The zero-order chi connectivity index (χ0) is 23.1. The fourth-order valence-electron chi connectivity index (χ4n) is 3.24. The van der Waals surface area contributed by atoms with Gasteiger partial charge in [0.05, 0.1) is 17.7 Å². The predicted molar refractivity (Wildman–Crippen MR) is 103 cm³/mol. The van der Waals surface area contributed by atoms with Crippen LogP contribution in [0.25, 0.3) is 0 Å². The monoisotopic (exact) mass is 439 g/mol. The molecule has 1 aliphatic heterocycles. The summed E-state index contributed by atoms with van der Waals surface area (Å²) in [6.07, 6.45) is -2.74. The van der Waals surface area contributed by atoms with Crippen molar-refractivity contribution in [2.75, 3.05) is 0 Å². The van der Waals surface area contributed by atoms with Crippen molar-refractivity contribution in [1.82, 2.24) is 14.9 Å². The van der Waals surface area contributed by atoms with Crippen molar-refractivity contribution >= 4 is 17.6 Å². The number of aliphatic imine (C=N–C) groups is 1. The number of halogens is 3. The second kappa shape index (κ2) is 7.67. The van der Waals surface area contributed by atoms with Gasteiger partial charge in [0.25, 0.3) is 12.1 Å². The van der Waals surface area contributed by atoms with E-state index in [4.69, 9.17) is 4.74 Å². The molecule has 1 atom stereocenters. The van der Waals surface area contributed by atoms with E-state index in [1.807, 2.05) is 0 Å². The zero-order valence-corrected chi connectivity index (χ0v) is 17.1. The Kier molecular flexibility index (Phi) is 5.51. The second-order valence-corrected chi connectivity index (χ2v) is 8.17. The van der Waals surface area contributed by atoms with Gasteiger partial charge in [-0.05, 0) is 33.8 Å². The number of imidazole rings is 1. The number of aromatic nitrogens is 2. The number of rotatable bonds is 3. The maximum absolute atomic E-state index is 14.7. The van der Waals surface area contributed by atoms with Crippen molar-refractivity contribution in [3.05, 3.63) is 57.4 Å². The lowest BCUT2D eigenvalue weighted by Gasteiger charge is -2.33. The molecule has 0 bridgehead atoms. The van der Waals surface area contributed by atoms with Gasteiger partial charge in [-0.2, -0.15) is 0 Å². The van der Waals surface area contributed by atoms with Crippen LogP contribution >= 0.6 is 0 Å². The number of nitrogens with zero attached hydrogens (tertiary/aromatic N) is 4. The van der Waals surface area contributed by atoms with E-state index in [1.165, 1.54) is 6.92 Å². The van der Waals surface area contributed by atoms with E-state index in [9.17, 15) is 28.1 Å². The van der Waals surface area contributed by atoms with Gasteiger partial charge < -0.3 is 9.30 Å². The lowest BCUT2D eigenvalue weighted by atomic mass is 9.90. The Hall–Kier alpha value is -3.44. The Morgan fingerprint density at radius 2 is 2.06 bits per heavy atom. The number of nitro benzene ring substituents is 1. The summed E-state index contributed by atoms with van der Waals surface area (Å²) in [6, 6.07) is 2.89. The first-order valence-corrected chi connectivity index (χ1v) is 9.19. The first-order chi connectivity index (χ1) is 14.3. The third-order valence-corrected chi connectivity index (χ3v) is 4.51. The number of nitrogens with one attached hydrogen (secondary N) is 1. The van der Waals surface area contributed by atoms with Gasteiger partial charge in [-0.25, -0.2) is 22.9 Å². The molecule has 1 aromatic heterocycles. The van der Waals surface area contributed by atoms with Crippen molar-refractivity contribution < 1.29 is 27.6 Å². The lowest BCUT2D eigenvalue weighted by molar-refractivity contribution is -0.385. The summed E-state index contributed by atoms with van der Waals surface area (Å²) in [7, 11) is 0. The molecule has 2 aromatic rings. The maximum atomic E-state index is 14.7. The molecule has 0 aliphatic carbocycles. The number of hydrogen-bond donors (Lipinski definition) is 1. The number of benzene rings is 1. The summed E-state index contributed by atoms with van der Waals surface area (Å²) in [5, 5.41) is 13.5. The molecule has 0 spiro atoms. The molecule has 0 saturated carbocycles. The Bertz CT molecular complexity index is 1080. The molecule has 1 amide bonds. The summed E-state index contributed by atoms with van der Waals surface area (Å²) in [6.45, 7) is 6.05. The Morgan fingerprint density at radius 3 is 2.65 bits per heavy atom. The van der Waals surface area contributed by atoms with Gasteiger partial charge >= 0.3 is 6.09 Å². The molecule has 12 heteroatoms. The molecule has 166 valence electrons. The minimum atomic E-state index is -2.95. The normalized spacial score (nSPS) is 18.4. The second-order valence-electron chi connectivity index (χ2n) is 8.17. The first kappa shape index (κ1) is 22.2. The SMILES string of the molecule is CC(C)(C)OC(=O)NC1=N[C@](C)(c2cc([N+](=O)[O-])ccc2F)Cn2c1cnc2C(F)F. The molecule has 1 aromatic carbocycles. The molecule has 0 saturated heterocycles. The van der Waals surface area contributed by atoms with Gasteiger partial charge in [0, 0.05) is 17.7 Å². The molecule has 1 N–H and O–H groups in total. The molecule has 1 aliphatic rings. The standard InChI is InChI=1S/C19H20F3N5O4/c1-18(2,3)31-17(28)24-15-13-8-23-16(14(21)22)26(13)9-19(4,25-15)11-7-10(27(29)30)5-6-12(11)20/h5-8,14H,9H2,1-4H3,(H,24,25,28)/t19-/m0/s1. The molecular weight excluding hydrogens is 419 g/mol. The molecule has 0 fully saturated rings. The topological polar surface area (TPSA) is 112 Å². The number of carbonyl (C=O) groups is 1. The smallest absolute Gasteiger partial charge is 0.413 e. The number of nitro groups is 1. The number of hydrogen-bond acceptors (Lipinski definition) is 6. The van der Waals surface area contributed by atoms with E-state index in [1.54, 1.807) is 20.8 Å². The van der Waals surface area contributed by atoms with Crippen molar-refractivity contribution in [3.8, 4) is 0 Å². The van der Waals surface area contributed by atoms with Crippen LogP contribution in [-0.2, 0) is 16.8 Å². The van der Waals surface area contributed by atoms with E-state index in [0.29, 0.717) is 0 Å². The summed E-state index contributed by atoms with van der Waals surface area (Å²) in [5.41, 5.74) is -2.91. The maximum Gasteiger partial charge on any atom is 0.413 e. The minimum absolute atomic E-state index is 0.0736. The van der Waals surface area contributed by atoms with Crippen molar-refractivity contribution in [2.24, 2.45) is 4.99 Å². The highest BCUT2D eigenvalue weighted by molar-refractivity contribution is 6.06. The predicted octanol–water partition coefficient (Wildman–Crippen LogP) is 4.07. The summed E-state index contributed by atoms with van der Waals surface area (Å²) < 4.78 is 48.0. The zero-order valence-electron chi connectivity index (χ0n) is 17.1. The molecule has 0 radical (unpaired) electrons. The third-order valence-electron chi connectivity index (χ3n) is 4.51. The highest BCUT2D eigenvalue weighted by Crippen LogP contribution is 2.37. The van der Waals surface area contributed by atoms with Crippen LogP contribution in [0.2, 0.25) is 0 Å². The first-order valence-electron chi connectivity index (χ1n) is 9.19. The largest absolute Gasteiger partial charge is 0.444 e. The highest BCUT2D eigenvalue weighted by Gasteiger charge is 2.39. The number of fused-ring (bicyclic) bond motifs is 1. The highest BCUT2D eigenvalue weighted by atomic mass is 19.3. The van der Waals surface area contributed by atoms with E-state index in [2.05, 4.69) is 15.3 Å². The fourth-order valence-corrected chi connectivity index (χ4v) is 3.24. The van der Waals surface area contributed by atoms with Crippen LogP contribution in [0.4, 0.5) is 23.7 Å². The molecule has 2 heterocycles. The van der Waals surface area contributed by atoms with Crippen molar-refractivity contribution in [3.63, 3.8) is 0 Å². The lowest BCUT2D eigenvalue weighted by Crippen LogP contribution is -2.43. The van der Waals surface area contributed by atoms with Gasteiger partial charge in [0.1, 0.15) is 22.7 Å². The number of non-ortho nitro benzene ring substituents is 1. The van der Waals surface area contributed by atoms with Crippen molar-refractivity contribution in [1.29, 1.82) is 0 Å². The summed E-state index contributed by atoms with van der Waals surface area (Å²) in [5.74, 6) is -1.59. The van der Waals surface area contributed by atoms with Gasteiger partial charge in [0.15, 0.2) is 11.7 Å². The number of amidine groups is 1. The van der Waals surface area contributed by atoms with Gasteiger partial charge in [-0.3, -0.25) is 20.4 Å². The van der Waals surface area contributed by atoms with Gasteiger partial charge in [0.2, 0.25) is 0 Å². The van der Waals surface area contributed by atoms with Crippen molar-refractivity contribution in [2.45, 2.75) is 51.8 Å². The van der Waals surface area contributed by atoms with Crippen LogP contribution in [0.3, 0.4) is 0 Å². The number of alkyl carbamates (subject to hydrolysis) is 1. The van der Waals surface area contributed by atoms with E-state index in [-0.39, 0.29) is 29.3 Å². The quantitative estimate of drug-likeness (QED) is 0.572. The van der Waals surface area contributed by atoms with Crippen LogP contribution < -0.4 is 5.32 Å². The van der Waals surface area contributed by atoms with Crippen LogP contribution in [-0.4, -0.2) is 32.0 Å². The fraction of sp³-hybridized carbons (Fsp3) is 0.421. The molecule has 31 heavy (non-hydrogen) atoms. The number of alkyl halides is 2. The third kappa shape index (κ3) is 4.52. The average molecular weight is 439 g/mol. The van der Waals surface area contributed by atoms with Gasteiger partial charge in [-0.15, -0.1) is 0 Å². The molecule has 0 unspecified atom stereocenters. The van der Waals surface area contributed by atoms with Crippen LogP contribution in [0.5, 0.6) is 0 Å². The Balaban J connectivity index is 2.13. The minimum Gasteiger partial charge on any atom is -0.444 e. The van der Waals surface area contributed by atoms with E-state index >= 15 is 0 Å². The molecule has 3 rings (SSSR count). The Morgan fingerprint density at radius 1 is 1.39 bits per heavy atom. The number of ether oxygens (including phenoxy) is 1. The number of carbonyl (C=O) groups excluding carboxylic acids is 1. The molecular formula is C19H20F3N5O4. The number of amides is 1.